The molecule has 0 bridgehead atoms. The minimum absolute atomic E-state index is 0.0312. The van der Waals surface area contributed by atoms with Gasteiger partial charge in [-0.05, 0) is 20.1 Å². The average molecular weight is 225 g/mol. The standard InChI is InChI=1S/C7H15O4PS/c1-5-3-6(7(4-8)10-5)11-12(2,9)13/h5-8H,3-4H2,1-2H3,(H,9,13)/p-1/t5-,6+,7+,12?/m0/s1. The highest BCUT2D eigenvalue weighted by Crippen LogP contribution is 2.38. The zero-order chi connectivity index (χ0) is 10.1. The van der Waals surface area contributed by atoms with Gasteiger partial charge in [0.05, 0.1) is 18.8 Å². The molecule has 0 radical (unpaired) electrons. The number of aliphatic hydroxyl groups is 1. The minimum Gasteiger partial charge on any atom is -0.801 e. The molecule has 13 heavy (non-hydrogen) atoms. The molecule has 1 heterocycles. The highest BCUT2D eigenvalue weighted by Gasteiger charge is 2.33. The van der Waals surface area contributed by atoms with Gasteiger partial charge < -0.3 is 19.3 Å². The third-order valence-corrected chi connectivity index (χ3v) is 2.80. The van der Waals surface area contributed by atoms with Crippen molar-refractivity contribution in [1.82, 2.24) is 0 Å². The third-order valence-electron chi connectivity index (χ3n) is 1.89. The Balaban J connectivity index is 2.54. The van der Waals surface area contributed by atoms with E-state index in [-0.39, 0.29) is 24.9 Å². The maximum Gasteiger partial charge on any atom is 0.107 e. The summed E-state index contributed by atoms with van der Waals surface area (Å²) in [5, 5.41) is 8.92. The Bertz CT molecular complexity index is 217. The Hall–Kier alpha value is 0.490. The van der Waals surface area contributed by atoms with Gasteiger partial charge in [-0.3, -0.25) is 0 Å². The quantitative estimate of drug-likeness (QED) is 0.676. The Morgan fingerprint density at radius 1 is 1.77 bits per heavy atom. The van der Waals surface area contributed by atoms with Crippen LogP contribution in [-0.4, -0.2) is 36.7 Å². The van der Waals surface area contributed by atoms with E-state index >= 15 is 0 Å². The molecular weight excluding hydrogens is 211 g/mol. The van der Waals surface area contributed by atoms with Gasteiger partial charge in [0.1, 0.15) is 6.10 Å². The lowest BCUT2D eigenvalue weighted by Crippen LogP contribution is -2.28. The van der Waals surface area contributed by atoms with Crippen LogP contribution in [0.4, 0.5) is 0 Å². The molecule has 4 nitrogen and oxygen atoms in total. The topological polar surface area (TPSA) is 61.8 Å². The summed E-state index contributed by atoms with van der Waals surface area (Å²) in [6.45, 7) is 0.253. The third kappa shape index (κ3) is 3.62. The molecule has 1 unspecified atom stereocenters. The van der Waals surface area contributed by atoms with Crippen LogP contribution in [0, 0.1) is 0 Å². The van der Waals surface area contributed by atoms with Crippen molar-refractivity contribution in [2.75, 3.05) is 13.3 Å². The van der Waals surface area contributed by atoms with Gasteiger partial charge in [-0.2, -0.15) is 0 Å². The van der Waals surface area contributed by atoms with E-state index in [2.05, 4.69) is 11.8 Å². The molecule has 1 aliphatic rings. The summed E-state index contributed by atoms with van der Waals surface area (Å²) < 4.78 is 10.5. The van der Waals surface area contributed by atoms with Gasteiger partial charge >= 0.3 is 0 Å². The largest absolute Gasteiger partial charge is 0.801 e. The van der Waals surface area contributed by atoms with Gasteiger partial charge in [-0.25, -0.2) is 0 Å². The van der Waals surface area contributed by atoms with Crippen LogP contribution in [0.5, 0.6) is 0 Å². The summed E-state index contributed by atoms with van der Waals surface area (Å²) in [4.78, 5) is 11.2. The smallest absolute Gasteiger partial charge is 0.107 e. The van der Waals surface area contributed by atoms with Crippen LogP contribution >= 0.6 is 6.49 Å². The first-order valence-corrected chi connectivity index (χ1v) is 7.24. The molecule has 0 aromatic heterocycles. The number of hydrogen-bond acceptors (Lipinski definition) is 5. The lowest BCUT2D eigenvalue weighted by Gasteiger charge is -2.28. The van der Waals surface area contributed by atoms with Crippen molar-refractivity contribution < 1.29 is 19.3 Å². The Kier molecular flexibility index (Phi) is 3.86. The van der Waals surface area contributed by atoms with Gasteiger partial charge in [-0.15, -0.1) is 0 Å². The monoisotopic (exact) mass is 225 g/mol. The lowest BCUT2D eigenvalue weighted by atomic mass is 10.1. The summed E-state index contributed by atoms with van der Waals surface area (Å²) in [5.74, 6) is 0. The second kappa shape index (κ2) is 4.34. The van der Waals surface area contributed by atoms with E-state index in [1.165, 1.54) is 6.66 Å². The van der Waals surface area contributed by atoms with E-state index < -0.39 is 6.49 Å². The van der Waals surface area contributed by atoms with Crippen molar-refractivity contribution >= 4 is 18.3 Å². The molecule has 1 N–H and O–H groups in total. The van der Waals surface area contributed by atoms with Crippen LogP contribution in [0.3, 0.4) is 0 Å². The first-order chi connectivity index (χ1) is 5.92. The van der Waals surface area contributed by atoms with E-state index in [9.17, 15) is 4.89 Å². The molecule has 78 valence electrons. The maximum absolute atomic E-state index is 11.2. The van der Waals surface area contributed by atoms with E-state index in [0.717, 1.165) is 0 Å². The Morgan fingerprint density at radius 3 is 2.85 bits per heavy atom. The highest BCUT2D eigenvalue weighted by molar-refractivity contribution is 8.08. The van der Waals surface area contributed by atoms with E-state index in [1.807, 2.05) is 6.92 Å². The SMILES string of the molecule is C[C@H]1C[C@@H](OP(C)([O-])=S)[C@@H](CO)O1. The predicted molar refractivity (Wildman–Crippen MR) is 51.1 cm³/mol. The molecule has 1 fully saturated rings. The van der Waals surface area contributed by atoms with Gasteiger partial charge in [0.2, 0.25) is 0 Å². The van der Waals surface area contributed by atoms with Gasteiger partial charge in [0.15, 0.2) is 0 Å². The van der Waals surface area contributed by atoms with E-state index in [0.29, 0.717) is 6.42 Å². The van der Waals surface area contributed by atoms with Crippen LogP contribution < -0.4 is 4.89 Å². The molecule has 1 saturated heterocycles. The molecule has 4 atom stereocenters. The van der Waals surface area contributed by atoms with Gasteiger partial charge in [-0.1, -0.05) is 11.8 Å². The molecule has 1 rings (SSSR count). The number of hydrogen-bond donors (Lipinski definition) is 1. The van der Waals surface area contributed by atoms with Crippen molar-refractivity contribution in [3.05, 3.63) is 0 Å². The molecule has 0 aromatic carbocycles. The molecule has 1 aliphatic heterocycles. The van der Waals surface area contributed by atoms with E-state index in [4.69, 9.17) is 14.4 Å². The fraction of sp³-hybridized carbons (Fsp3) is 1.00. The maximum atomic E-state index is 11.2. The fourth-order valence-corrected chi connectivity index (χ4v) is 2.48. The summed E-state index contributed by atoms with van der Waals surface area (Å²) in [6.07, 6.45) is -0.0390. The van der Waals surface area contributed by atoms with Crippen molar-refractivity contribution in [2.24, 2.45) is 0 Å². The summed E-state index contributed by atoms with van der Waals surface area (Å²) in [7, 11) is 0. The minimum atomic E-state index is -2.90. The molecule has 0 saturated carbocycles. The van der Waals surface area contributed by atoms with Crippen molar-refractivity contribution in [3.63, 3.8) is 0 Å². The second-order valence-electron chi connectivity index (χ2n) is 3.32. The van der Waals surface area contributed by atoms with Crippen molar-refractivity contribution in [3.8, 4) is 0 Å². The summed E-state index contributed by atoms with van der Waals surface area (Å²) >= 11 is 4.66. The normalized spacial score (nSPS) is 38.9. The number of aliphatic hydroxyl groups excluding tert-OH is 1. The molecule has 6 heteroatoms. The van der Waals surface area contributed by atoms with E-state index in [1.54, 1.807) is 0 Å². The predicted octanol–water partition coefficient (Wildman–Crippen LogP) is -0.159. The average Bonchev–Trinajstić information content (AvgIpc) is 2.27. The molecule has 0 aromatic rings. The molecule has 0 amide bonds. The van der Waals surface area contributed by atoms with Gasteiger partial charge in [0.25, 0.3) is 0 Å². The summed E-state index contributed by atoms with van der Waals surface area (Å²) in [6, 6.07) is 0. The fourth-order valence-electron chi connectivity index (χ4n) is 1.44. The van der Waals surface area contributed by atoms with Crippen molar-refractivity contribution in [2.45, 2.75) is 31.7 Å². The molecule has 0 aliphatic carbocycles. The number of rotatable bonds is 3. The van der Waals surface area contributed by atoms with Crippen LogP contribution in [0.15, 0.2) is 0 Å². The van der Waals surface area contributed by atoms with Crippen LogP contribution in [0.1, 0.15) is 13.3 Å². The zero-order valence-electron chi connectivity index (χ0n) is 7.67. The molecule has 0 spiro atoms. The first-order valence-electron chi connectivity index (χ1n) is 4.15. The molecular formula is C7H14O4PS-. The first kappa shape index (κ1) is 11.6. The highest BCUT2D eigenvalue weighted by atomic mass is 32.5. The van der Waals surface area contributed by atoms with Gasteiger partial charge in [0, 0.05) is 6.42 Å². The lowest BCUT2D eigenvalue weighted by molar-refractivity contribution is -0.186. The Labute approximate surface area is 83.0 Å². The van der Waals surface area contributed by atoms with Crippen LogP contribution in [0.25, 0.3) is 0 Å². The van der Waals surface area contributed by atoms with Crippen molar-refractivity contribution in [1.29, 1.82) is 0 Å². The second-order valence-corrected chi connectivity index (χ2v) is 7.06. The number of ether oxygens (including phenoxy) is 1. The van der Waals surface area contributed by atoms with Crippen LogP contribution in [0.2, 0.25) is 0 Å². The summed E-state index contributed by atoms with van der Waals surface area (Å²) in [5.41, 5.74) is 0. The zero-order valence-corrected chi connectivity index (χ0v) is 9.38. The van der Waals surface area contributed by atoms with Crippen LogP contribution in [-0.2, 0) is 21.1 Å². The Morgan fingerprint density at radius 2 is 2.38 bits per heavy atom.